The lowest BCUT2D eigenvalue weighted by Crippen LogP contribution is -3.14. The molecular formula is C26H46Cl2N2O2. The largest absolute Gasteiger partial charge is 1.00 e. The Kier molecular flexibility index (Phi) is 19.1. The Balaban J connectivity index is 0.00000480. The van der Waals surface area contributed by atoms with Crippen molar-refractivity contribution in [3.05, 3.63) is 35.9 Å². The molecule has 0 aromatic heterocycles. The van der Waals surface area contributed by atoms with Gasteiger partial charge >= 0.3 is 5.97 Å². The average Bonchev–Trinajstić information content (AvgIpc) is 2.76. The molecule has 186 valence electrons. The van der Waals surface area contributed by atoms with E-state index in [2.05, 4.69) is 31.3 Å². The molecule has 1 fully saturated rings. The van der Waals surface area contributed by atoms with Crippen molar-refractivity contribution in [2.75, 3.05) is 26.2 Å². The van der Waals surface area contributed by atoms with E-state index in [-0.39, 0.29) is 42.9 Å². The van der Waals surface area contributed by atoms with E-state index in [1.165, 1.54) is 57.8 Å². The second-order valence-electron chi connectivity index (χ2n) is 8.94. The maximum atomic E-state index is 13.2. The summed E-state index contributed by atoms with van der Waals surface area (Å²) in [5.41, 5.74) is 1.06. The minimum atomic E-state index is -0.248. The summed E-state index contributed by atoms with van der Waals surface area (Å²) in [6.07, 6.45) is 13.8. The minimum absolute atomic E-state index is 0. The molecule has 1 unspecified atom stereocenters. The van der Waals surface area contributed by atoms with Crippen molar-refractivity contribution in [1.82, 2.24) is 0 Å². The van der Waals surface area contributed by atoms with Gasteiger partial charge in [-0.1, -0.05) is 75.3 Å². The molecule has 1 aliphatic carbocycles. The number of benzene rings is 1. The molecule has 2 rings (SSSR count). The van der Waals surface area contributed by atoms with Gasteiger partial charge in [-0.3, -0.25) is 0 Å². The van der Waals surface area contributed by atoms with Crippen molar-refractivity contribution in [2.45, 2.75) is 96.6 Å². The molecule has 0 amide bonds. The molecule has 3 N–H and O–H groups in total. The number of halogens is 2. The quantitative estimate of drug-likeness (QED) is 0.375. The molecule has 1 aromatic carbocycles. The van der Waals surface area contributed by atoms with Crippen LogP contribution in [0.25, 0.3) is 0 Å². The summed E-state index contributed by atoms with van der Waals surface area (Å²) in [7, 11) is 0. The number of hydrogen-bond acceptors (Lipinski definition) is 2. The standard InChI is InChI=1S/C26H44N2O2.2ClH/c1-3-28(4-2)22-21-27-25(23-17-13-12-14-18-23)26(29)30-24-19-15-10-8-6-5-7-9-11-16-20-24;;/h12-14,17-18,24-25,27H,3-11,15-16,19-22H2,1-2H3;2*1H. The zero-order valence-electron chi connectivity index (χ0n) is 20.3. The van der Waals surface area contributed by atoms with Crippen LogP contribution in [0.15, 0.2) is 30.3 Å². The van der Waals surface area contributed by atoms with Crippen LogP contribution in [0.2, 0.25) is 0 Å². The van der Waals surface area contributed by atoms with Gasteiger partial charge in [0, 0.05) is 5.56 Å². The van der Waals surface area contributed by atoms with Crippen LogP contribution in [0.5, 0.6) is 0 Å². The van der Waals surface area contributed by atoms with Crippen LogP contribution in [0.4, 0.5) is 0 Å². The van der Waals surface area contributed by atoms with E-state index in [9.17, 15) is 4.79 Å². The summed E-state index contributed by atoms with van der Waals surface area (Å²) < 4.78 is 6.15. The highest BCUT2D eigenvalue weighted by Gasteiger charge is 2.28. The number of likely N-dealkylation sites (N-methyl/N-ethyl adjacent to an activating group) is 1. The van der Waals surface area contributed by atoms with E-state index in [0.29, 0.717) is 0 Å². The third kappa shape index (κ3) is 12.4. The predicted molar refractivity (Wildman–Crippen MR) is 124 cm³/mol. The number of carbonyl (C=O) groups excluding carboxylic acids is 1. The Bertz CT molecular complexity index is 558. The van der Waals surface area contributed by atoms with Crippen LogP contribution in [0.3, 0.4) is 0 Å². The van der Waals surface area contributed by atoms with Crippen LogP contribution >= 0.6 is 0 Å². The molecule has 1 aliphatic rings. The van der Waals surface area contributed by atoms with Crippen molar-refractivity contribution in [1.29, 1.82) is 0 Å². The normalized spacial score (nSPS) is 17.2. The van der Waals surface area contributed by atoms with Gasteiger partial charge < -0.3 is 39.8 Å². The first-order valence-electron chi connectivity index (χ1n) is 12.7. The van der Waals surface area contributed by atoms with Gasteiger partial charge in [0.25, 0.3) is 0 Å². The summed E-state index contributed by atoms with van der Waals surface area (Å²) in [4.78, 5) is 14.8. The molecule has 0 aliphatic heterocycles. The Morgan fingerprint density at radius 3 is 1.91 bits per heavy atom. The Morgan fingerprint density at radius 1 is 0.906 bits per heavy atom. The molecule has 32 heavy (non-hydrogen) atoms. The molecule has 4 nitrogen and oxygen atoms in total. The molecule has 0 spiro atoms. The van der Waals surface area contributed by atoms with Crippen molar-refractivity contribution in [3.63, 3.8) is 0 Å². The third-order valence-corrected chi connectivity index (χ3v) is 6.65. The van der Waals surface area contributed by atoms with Gasteiger partial charge in [-0.2, -0.15) is 0 Å². The molecule has 0 radical (unpaired) electrons. The molecular weight excluding hydrogens is 443 g/mol. The number of hydrogen-bond donors (Lipinski definition) is 2. The van der Waals surface area contributed by atoms with E-state index in [1.807, 2.05) is 18.2 Å². The maximum absolute atomic E-state index is 13.2. The van der Waals surface area contributed by atoms with E-state index in [4.69, 9.17) is 4.74 Å². The zero-order chi connectivity index (χ0) is 21.4. The lowest BCUT2D eigenvalue weighted by molar-refractivity contribution is -0.910. The number of esters is 1. The highest BCUT2D eigenvalue weighted by atomic mass is 35.5. The predicted octanol–water partition coefficient (Wildman–Crippen LogP) is -2.56. The number of carbonyl (C=O) groups is 1. The zero-order valence-corrected chi connectivity index (χ0v) is 21.8. The van der Waals surface area contributed by atoms with E-state index < -0.39 is 0 Å². The van der Waals surface area contributed by atoms with Gasteiger partial charge in [0.05, 0.1) is 13.1 Å². The maximum Gasteiger partial charge on any atom is 0.370 e. The molecule has 1 atom stereocenters. The van der Waals surface area contributed by atoms with Crippen molar-refractivity contribution in [3.8, 4) is 0 Å². The van der Waals surface area contributed by atoms with Crippen molar-refractivity contribution >= 4 is 5.97 Å². The lowest BCUT2D eigenvalue weighted by Gasteiger charge is -2.22. The summed E-state index contributed by atoms with van der Waals surface area (Å²) in [5.74, 6) is -0.0483. The first kappa shape index (κ1) is 31.2. The van der Waals surface area contributed by atoms with Gasteiger partial charge in [-0.05, 0) is 39.5 Å². The Morgan fingerprint density at radius 2 is 1.41 bits per heavy atom. The second kappa shape index (κ2) is 19.6. The fraction of sp³-hybridized carbons (Fsp3) is 0.731. The fourth-order valence-corrected chi connectivity index (χ4v) is 4.57. The average molecular weight is 490 g/mol. The number of quaternary nitrogens is 2. The smallest absolute Gasteiger partial charge is 0.370 e. The lowest BCUT2D eigenvalue weighted by atomic mass is 9.99. The number of nitrogens with one attached hydrogen (secondary N) is 1. The van der Waals surface area contributed by atoms with Gasteiger partial charge in [0.15, 0.2) is 0 Å². The van der Waals surface area contributed by atoms with Gasteiger partial charge in [0.1, 0.15) is 19.2 Å². The topological polar surface area (TPSA) is 47.4 Å². The molecule has 6 heteroatoms. The van der Waals surface area contributed by atoms with Crippen LogP contribution < -0.4 is 35.0 Å². The first-order chi connectivity index (χ1) is 14.7. The van der Waals surface area contributed by atoms with E-state index in [1.54, 1.807) is 4.90 Å². The SMILES string of the molecule is CC[NH+](CC)CC[NH2+]C(C(=O)OC1CCCCCCCCCCC1)c1ccccc1.[Cl-].[Cl-]. The van der Waals surface area contributed by atoms with E-state index >= 15 is 0 Å². The van der Waals surface area contributed by atoms with Gasteiger partial charge in [0.2, 0.25) is 6.04 Å². The van der Waals surface area contributed by atoms with E-state index in [0.717, 1.165) is 44.6 Å². The van der Waals surface area contributed by atoms with Crippen LogP contribution in [0, 0.1) is 0 Å². The highest BCUT2D eigenvalue weighted by Crippen LogP contribution is 2.20. The van der Waals surface area contributed by atoms with Crippen LogP contribution in [-0.2, 0) is 9.53 Å². The summed E-state index contributed by atoms with van der Waals surface area (Å²) in [6.45, 7) is 8.74. The van der Waals surface area contributed by atoms with Gasteiger partial charge in [-0.15, -0.1) is 0 Å². The third-order valence-electron chi connectivity index (χ3n) is 6.65. The summed E-state index contributed by atoms with van der Waals surface area (Å²) >= 11 is 0. The van der Waals surface area contributed by atoms with Crippen molar-refractivity contribution < 1.29 is 44.6 Å². The van der Waals surface area contributed by atoms with Crippen molar-refractivity contribution in [2.24, 2.45) is 0 Å². The molecule has 1 aromatic rings. The number of ether oxygens (including phenoxy) is 1. The summed E-state index contributed by atoms with van der Waals surface area (Å²) in [5, 5.41) is 2.19. The molecule has 1 saturated carbocycles. The first-order valence-corrected chi connectivity index (χ1v) is 12.7. The van der Waals surface area contributed by atoms with Gasteiger partial charge in [-0.25, -0.2) is 4.79 Å². The molecule has 0 saturated heterocycles. The minimum Gasteiger partial charge on any atom is -1.00 e. The van der Waals surface area contributed by atoms with Crippen LogP contribution in [-0.4, -0.2) is 38.3 Å². The fourth-order valence-electron chi connectivity index (χ4n) is 4.57. The monoisotopic (exact) mass is 488 g/mol. The molecule has 0 bridgehead atoms. The molecule has 0 heterocycles. The highest BCUT2D eigenvalue weighted by molar-refractivity contribution is 5.76. The van der Waals surface area contributed by atoms with Crippen LogP contribution in [0.1, 0.15) is 96.1 Å². The number of nitrogens with two attached hydrogens (primary N) is 1. The second-order valence-corrected chi connectivity index (χ2v) is 8.94. The summed E-state index contributed by atoms with van der Waals surface area (Å²) in [6, 6.07) is 9.94. The Hall–Kier alpha value is -0.810. The Labute approximate surface area is 209 Å². The number of rotatable bonds is 9.